The lowest BCUT2D eigenvalue weighted by atomic mass is 9.96. The van der Waals surface area contributed by atoms with Gasteiger partial charge in [-0.15, -0.1) is 0 Å². The Morgan fingerprint density at radius 2 is 1.63 bits per heavy atom. The first-order chi connectivity index (χ1) is 14.3. The lowest BCUT2D eigenvalue weighted by Crippen LogP contribution is -2.36. The molecule has 0 heterocycles. The highest BCUT2D eigenvalue weighted by molar-refractivity contribution is 5.72. The van der Waals surface area contributed by atoms with Gasteiger partial charge in [0.05, 0.1) is 12.5 Å². The second-order valence-electron chi connectivity index (χ2n) is 8.11. The summed E-state index contributed by atoms with van der Waals surface area (Å²) in [5, 5.41) is 2.77. The molecule has 5 heteroatoms. The van der Waals surface area contributed by atoms with Gasteiger partial charge in [0.1, 0.15) is 5.60 Å². The third-order valence-corrected chi connectivity index (χ3v) is 4.83. The maximum absolute atomic E-state index is 12.1. The van der Waals surface area contributed by atoms with Gasteiger partial charge in [-0.1, -0.05) is 61.5 Å². The van der Waals surface area contributed by atoms with E-state index >= 15 is 0 Å². The van der Waals surface area contributed by atoms with E-state index < -0.39 is 11.7 Å². The molecule has 0 aromatic heterocycles. The second-order valence-corrected chi connectivity index (χ2v) is 8.11. The summed E-state index contributed by atoms with van der Waals surface area (Å²) in [6.07, 6.45) is 1.53. The van der Waals surface area contributed by atoms with Crippen LogP contribution in [0.2, 0.25) is 0 Å². The zero-order valence-electron chi connectivity index (χ0n) is 18.4. The fraction of sp³-hybridized carbons (Fsp3) is 0.440. The van der Waals surface area contributed by atoms with Crippen molar-refractivity contribution in [2.45, 2.75) is 52.6 Å². The summed E-state index contributed by atoms with van der Waals surface area (Å²) in [4.78, 5) is 23.7. The fourth-order valence-electron chi connectivity index (χ4n) is 3.26. The number of rotatable bonds is 10. The molecule has 2 aromatic carbocycles. The van der Waals surface area contributed by atoms with E-state index in [1.807, 2.05) is 39.0 Å². The van der Waals surface area contributed by atoms with Crippen molar-refractivity contribution in [3.63, 3.8) is 0 Å². The van der Waals surface area contributed by atoms with Crippen LogP contribution in [-0.2, 0) is 20.7 Å². The molecular formula is C25H33NO4. The minimum absolute atomic E-state index is 0.168. The molecule has 0 aliphatic carbocycles. The standard InChI is InChI=1S/C25H33NO4/c1-5-29-23(27)19(2)10-9-17-26-24(28)30-25(3,4)18-20-13-15-22(16-14-20)21-11-7-6-8-12-21/h6-8,11-16,19H,5,9-10,17-18H2,1-4H3,(H,26,28)/t19-/m1/s1. The Bertz CT molecular complexity index is 800. The molecule has 5 nitrogen and oxygen atoms in total. The van der Waals surface area contributed by atoms with Crippen LogP contribution < -0.4 is 5.32 Å². The lowest BCUT2D eigenvalue weighted by molar-refractivity contribution is -0.147. The molecular weight excluding hydrogens is 378 g/mol. The lowest BCUT2D eigenvalue weighted by Gasteiger charge is -2.25. The molecule has 0 saturated heterocycles. The van der Waals surface area contributed by atoms with Gasteiger partial charge < -0.3 is 14.8 Å². The van der Waals surface area contributed by atoms with Gasteiger partial charge in [0.25, 0.3) is 0 Å². The fourth-order valence-corrected chi connectivity index (χ4v) is 3.26. The minimum Gasteiger partial charge on any atom is -0.466 e. The molecule has 1 amide bonds. The van der Waals surface area contributed by atoms with Crippen molar-refractivity contribution in [2.75, 3.05) is 13.2 Å². The average molecular weight is 412 g/mol. The van der Waals surface area contributed by atoms with Gasteiger partial charge >= 0.3 is 12.1 Å². The number of benzene rings is 2. The van der Waals surface area contributed by atoms with Crippen molar-refractivity contribution < 1.29 is 19.1 Å². The van der Waals surface area contributed by atoms with Gasteiger partial charge in [0, 0.05) is 13.0 Å². The van der Waals surface area contributed by atoms with E-state index in [1.165, 1.54) is 5.56 Å². The van der Waals surface area contributed by atoms with Gasteiger partial charge in [0.2, 0.25) is 0 Å². The Kier molecular flexibility index (Phi) is 8.90. The molecule has 2 aromatic rings. The second kappa shape index (κ2) is 11.4. The van der Waals surface area contributed by atoms with Crippen LogP contribution >= 0.6 is 0 Å². The van der Waals surface area contributed by atoms with Gasteiger partial charge in [-0.05, 0) is 50.3 Å². The van der Waals surface area contributed by atoms with Gasteiger partial charge in [0.15, 0.2) is 0 Å². The Hall–Kier alpha value is -2.82. The topological polar surface area (TPSA) is 64.6 Å². The average Bonchev–Trinajstić information content (AvgIpc) is 2.71. The number of carbonyl (C=O) groups is 2. The van der Waals surface area contributed by atoms with Crippen LogP contribution in [0.4, 0.5) is 4.79 Å². The van der Waals surface area contributed by atoms with E-state index in [4.69, 9.17) is 9.47 Å². The zero-order valence-corrected chi connectivity index (χ0v) is 18.4. The number of amides is 1. The van der Waals surface area contributed by atoms with Crippen molar-refractivity contribution in [2.24, 2.45) is 5.92 Å². The summed E-state index contributed by atoms with van der Waals surface area (Å²) in [6, 6.07) is 18.5. The van der Waals surface area contributed by atoms with Crippen LogP contribution in [0.3, 0.4) is 0 Å². The van der Waals surface area contributed by atoms with Crippen LogP contribution in [0.5, 0.6) is 0 Å². The molecule has 30 heavy (non-hydrogen) atoms. The Morgan fingerprint density at radius 3 is 2.27 bits per heavy atom. The molecule has 0 aliphatic rings. The molecule has 0 spiro atoms. The summed E-state index contributed by atoms with van der Waals surface area (Å²) in [6.45, 7) is 8.29. The van der Waals surface area contributed by atoms with Gasteiger partial charge in [-0.25, -0.2) is 4.79 Å². The summed E-state index contributed by atoms with van der Waals surface area (Å²) in [7, 11) is 0. The molecule has 0 saturated carbocycles. The van der Waals surface area contributed by atoms with Crippen LogP contribution in [0, 0.1) is 5.92 Å². The number of ether oxygens (including phenoxy) is 2. The number of nitrogens with one attached hydrogen (secondary N) is 1. The highest BCUT2D eigenvalue weighted by Gasteiger charge is 2.23. The molecule has 1 atom stereocenters. The Balaban J connectivity index is 1.76. The smallest absolute Gasteiger partial charge is 0.407 e. The van der Waals surface area contributed by atoms with Crippen molar-refractivity contribution in [3.05, 3.63) is 60.2 Å². The van der Waals surface area contributed by atoms with Gasteiger partial charge in [-0.2, -0.15) is 0 Å². The number of hydrogen-bond donors (Lipinski definition) is 1. The first-order valence-corrected chi connectivity index (χ1v) is 10.6. The third kappa shape index (κ3) is 7.90. The summed E-state index contributed by atoms with van der Waals surface area (Å²) in [5.41, 5.74) is 2.82. The minimum atomic E-state index is -0.628. The highest BCUT2D eigenvalue weighted by Crippen LogP contribution is 2.22. The largest absolute Gasteiger partial charge is 0.466 e. The Labute approximate surface area is 179 Å². The predicted octanol–water partition coefficient (Wildman–Crippen LogP) is 5.38. The maximum atomic E-state index is 12.1. The maximum Gasteiger partial charge on any atom is 0.407 e. The molecule has 162 valence electrons. The van der Waals surface area contributed by atoms with Crippen molar-refractivity contribution in [1.82, 2.24) is 5.32 Å². The summed E-state index contributed by atoms with van der Waals surface area (Å²) >= 11 is 0. The van der Waals surface area contributed by atoms with E-state index in [9.17, 15) is 9.59 Å². The van der Waals surface area contributed by atoms with Crippen molar-refractivity contribution in [3.8, 4) is 11.1 Å². The first-order valence-electron chi connectivity index (χ1n) is 10.6. The van der Waals surface area contributed by atoms with E-state index in [0.717, 1.165) is 11.1 Å². The molecule has 0 aliphatic heterocycles. The van der Waals surface area contributed by atoms with Crippen molar-refractivity contribution >= 4 is 12.1 Å². The molecule has 0 fully saturated rings. The summed E-state index contributed by atoms with van der Waals surface area (Å²) in [5.74, 6) is -0.363. The molecule has 2 rings (SSSR count). The first kappa shape index (κ1) is 23.5. The predicted molar refractivity (Wildman–Crippen MR) is 119 cm³/mol. The molecule has 0 bridgehead atoms. The van der Waals surface area contributed by atoms with E-state index in [0.29, 0.717) is 32.4 Å². The quantitative estimate of drug-likeness (QED) is 0.421. The molecule has 0 radical (unpaired) electrons. The number of carbonyl (C=O) groups excluding carboxylic acids is 2. The van der Waals surface area contributed by atoms with Crippen LogP contribution in [0.1, 0.15) is 46.1 Å². The van der Waals surface area contributed by atoms with Crippen molar-refractivity contribution in [1.29, 1.82) is 0 Å². The van der Waals surface area contributed by atoms with E-state index in [1.54, 1.807) is 6.92 Å². The third-order valence-electron chi connectivity index (χ3n) is 4.83. The molecule has 0 unspecified atom stereocenters. The zero-order chi connectivity index (χ0) is 22.0. The van der Waals surface area contributed by atoms with Gasteiger partial charge in [-0.3, -0.25) is 4.79 Å². The van der Waals surface area contributed by atoms with Crippen LogP contribution in [0.25, 0.3) is 11.1 Å². The SMILES string of the molecule is CCOC(=O)[C@H](C)CCCNC(=O)OC(C)(C)Cc1ccc(-c2ccccc2)cc1. The van der Waals surface area contributed by atoms with Crippen LogP contribution in [-0.4, -0.2) is 30.8 Å². The monoisotopic (exact) mass is 411 g/mol. The molecule has 1 N–H and O–H groups in total. The van der Waals surface area contributed by atoms with E-state index in [2.05, 4.69) is 41.7 Å². The van der Waals surface area contributed by atoms with Crippen LogP contribution in [0.15, 0.2) is 54.6 Å². The number of hydrogen-bond acceptors (Lipinski definition) is 4. The number of alkyl carbamates (subject to hydrolysis) is 1. The highest BCUT2D eigenvalue weighted by atomic mass is 16.6. The number of esters is 1. The normalized spacial score (nSPS) is 12.1. The Morgan fingerprint density at radius 1 is 1.00 bits per heavy atom. The summed E-state index contributed by atoms with van der Waals surface area (Å²) < 4.78 is 10.6. The van der Waals surface area contributed by atoms with E-state index in [-0.39, 0.29) is 11.9 Å².